The van der Waals surface area contributed by atoms with Crippen molar-refractivity contribution < 1.29 is 14.7 Å². The molecule has 0 radical (unpaired) electrons. The summed E-state index contributed by atoms with van der Waals surface area (Å²) < 4.78 is 1.93. The number of carboxylic acid groups (broad SMARTS) is 1. The van der Waals surface area contributed by atoms with Crippen LogP contribution in [0.25, 0.3) is 0 Å². The maximum Gasteiger partial charge on any atom is 0.360 e. The fraction of sp³-hybridized carbons (Fsp3) is 0.0638. The van der Waals surface area contributed by atoms with E-state index in [1.165, 1.54) is 11.3 Å². The number of benzene rings is 6. The lowest BCUT2D eigenvalue weighted by Crippen LogP contribution is -2.38. The molecule has 56 heavy (non-hydrogen) atoms. The van der Waals surface area contributed by atoms with Gasteiger partial charge in [0.05, 0.1) is 0 Å². The quantitative estimate of drug-likeness (QED) is 0.0652. The first-order valence-electron chi connectivity index (χ1n) is 18.1. The monoisotopic (exact) mass is 751 g/mol. The highest BCUT2D eigenvalue weighted by atomic mass is 32.1. The average molecular weight is 752 g/mol. The normalized spacial score (nSPS) is 11.9. The molecule has 8 aromatic rings. The lowest BCUT2D eigenvalue weighted by atomic mass is 9.77. The molecule has 2 aromatic heterocycles. The first kappa shape index (κ1) is 35.9. The fourth-order valence-electron chi connectivity index (χ4n) is 7.30. The number of thiazole rings is 1. The highest BCUT2D eigenvalue weighted by Gasteiger charge is 2.40. The lowest BCUT2D eigenvalue weighted by molar-refractivity contribution is -0.129. The molecule has 0 saturated carbocycles. The van der Waals surface area contributed by atoms with E-state index in [1.54, 1.807) is 5.38 Å². The summed E-state index contributed by atoms with van der Waals surface area (Å²) in [4.78, 5) is 23.1. The molecular weight excluding hydrogens is 715 g/mol. The zero-order valence-electron chi connectivity index (χ0n) is 30.2. The number of aliphatic carboxylic acids is 1. The molecule has 0 fully saturated rings. The average Bonchev–Trinajstić information content (AvgIpc) is 3.94. The van der Waals surface area contributed by atoms with E-state index in [2.05, 4.69) is 83.3 Å². The minimum absolute atomic E-state index is 0.0629. The van der Waals surface area contributed by atoms with Gasteiger partial charge in [-0.05, 0) is 39.4 Å². The van der Waals surface area contributed by atoms with Crippen molar-refractivity contribution in [2.75, 3.05) is 5.32 Å². The topological polar surface area (TPSA) is 102 Å². The first-order chi connectivity index (χ1) is 27.6. The summed E-state index contributed by atoms with van der Waals surface area (Å²) in [6, 6.07) is 63.0. The van der Waals surface area contributed by atoms with Gasteiger partial charge in [-0.25, -0.2) is 9.78 Å². The summed E-state index contributed by atoms with van der Waals surface area (Å²) in [6.07, 6.45) is 1.92. The minimum atomic E-state index is -1.26. The second kappa shape index (κ2) is 16.1. The lowest BCUT2D eigenvalue weighted by Gasteiger charge is -2.36. The van der Waals surface area contributed by atoms with Gasteiger partial charge in [0.25, 0.3) is 0 Å². The maximum absolute atomic E-state index is 12.6. The number of nitrogens with zero attached hydrogens (tertiary/aromatic N) is 4. The van der Waals surface area contributed by atoms with Crippen LogP contribution in [0.1, 0.15) is 44.8 Å². The fourth-order valence-corrected chi connectivity index (χ4v) is 8.05. The molecule has 0 saturated heterocycles. The summed E-state index contributed by atoms with van der Waals surface area (Å²) in [5, 5.41) is 25.3. The molecule has 2 heterocycles. The number of carboxylic acids is 1. The Bertz CT molecular complexity index is 2330. The van der Waals surface area contributed by atoms with Crippen LogP contribution in [0.5, 0.6) is 0 Å². The number of aromatic nitrogens is 3. The van der Waals surface area contributed by atoms with Crippen molar-refractivity contribution in [3.05, 3.63) is 244 Å². The van der Waals surface area contributed by atoms with E-state index in [9.17, 15) is 9.90 Å². The maximum atomic E-state index is 12.6. The van der Waals surface area contributed by atoms with E-state index in [4.69, 9.17) is 14.9 Å². The summed E-state index contributed by atoms with van der Waals surface area (Å²) in [5.41, 5.74) is 4.90. The van der Waals surface area contributed by atoms with E-state index in [0.29, 0.717) is 10.8 Å². The highest BCUT2D eigenvalue weighted by Crippen LogP contribution is 2.42. The van der Waals surface area contributed by atoms with Gasteiger partial charge < -0.3 is 15.3 Å². The molecule has 6 aromatic carbocycles. The second-order valence-corrected chi connectivity index (χ2v) is 13.9. The van der Waals surface area contributed by atoms with E-state index < -0.39 is 17.0 Å². The van der Waals surface area contributed by atoms with Crippen LogP contribution in [0.3, 0.4) is 0 Å². The Balaban J connectivity index is 1.10. The van der Waals surface area contributed by atoms with E-state index >= 15 is 0 Å². The number of hydrogen-bond donors (Lipinski definition) is 2. The van der Waals surface area contributed by atoms with Crippen LogP contribution in [0.15, 0.2) is 205 Å². The van der Waals surface area contributed by atoms with Crippen molar-refractivity contribution in [3.63, 3.8) is 0 Å². The van der Waals surface area contributed by atoms with Crippen LogP contribution >= 0.6 is 11.3 Å². The third-order valence-electron chi connectivity index (χ3n) is 9.80. The third-order valence-corrected chi connectivity index (χ3v) is 10.6. The van der Waals surface area contributed by atoms with Gasteiger partial charge in [0.2, 0.25) is 5.71 Å². The third kappa shape index (κ3) is 6.87. The predicted molar refractivity (Wildman–Crippen MR) is 221 cm³/mol. The smallest absolute Gasteiger partial charge is 0.360 e. The Hall–Kier alpha value is -7.10. The van der Waals surface area contributed by atoms with Crippen LogP contribution in [0, 0.1) is 0 Å². The van der Waals surface area contributed by atoms with Crippen molar-refractivity contribution in [2.45, 2.75) is 17.7 Å². The van der Waals surface area contributed by atoms with E-state index in [-0.39, 0.29) is 18.0 Å². The van der Waals surface area contributed by atoms with Gasteiger partial charge in [-0.2, -0.15) is 5.10 Å². The molecule has 9 heteroatoms. The zero-order chi connectivity index (χ0) is 38.2. The van der Waals surface area contributed by atoms with Crippen LogP contribution in [0.4, 0.5) is 5.13 Å². The van der Waals surface area contributed by atoms with Crippen LogP contribution < -0.4 is 5.32 Å². The predicted octanol–water partition coefficient (Wildman–Crippen LogP) is 9.59. The molecule has 0 atom stereocenters. The molecule has 0 aliphatic rings. The van der Waals surface area contributed by atoms with Gasteiger partial charge in [-0.15, -0.1) is 11.3 Å². The van der Waals surface area contributed by atoms with Crippen LogP contribution in [-0.4, -0.2) is 31.6 Å². The van der Waals surface area contributed by atoms with Gasteiger partial charge in [0, 0.05) is 11.6 Å². The van der Waals surface area contributed by atoms with Gasteiger partial charge in [0.1, 0.15) is 22.5 Å². The van der Waals surface area contributed by atoms with E-state index in [1.807, 2.05) is 126 Å². The first-order valence-corrected chi connectivity index (χ1v) is 19.0. The number of hydrogen-bond acceptors (Lipinski definition) is 7. The molecule has 0 bridgehead atoms. The van der Waals surface area contributed by atoms with Crippen LogP contribution in [0.2, 0.25) is 0 Å². The summed E-state index contributed by atoms with van der Waals surface area (Å²) in [6.45, 7) is -0.0629. The van der Waals surface area contributed by atoms with Crippen molar-refractivity contribution in [3.8, 4) is 0 Å². The zero-order valence-corrected chi connectivity index (χ0v) is 31.0. The molecule has 2 N–H and O–H groups in total. The molecule has 0 amide bonds. The molecule has 8 rings (SSSR count). The molecule has 8 nitrogen and oxygen atoms in total. The van der Waals surface area contributed by atoms with E-state index in [0.717, 1.165) is 33.4 Å². The van der Waals surface area contributed by atoms with Crippen molar-refractivity contribution in [2.24, 2.45) is 5.16 Å². The van der Waals surface area contributed by atoms with Crippen molar-refractivity contribution in [1.29, 1.82) is 0 Å². The van der Waals surface area contributed by atoms with Crippen molar-refractivity contribution >= 4 is 28.1 Å². The number of anilines is 1. The summed E-state index contributed by atoms with van der Waals surface area (Å²) in [5.74, 6) is -1.26. The van der Waals surface area contributed by atoms with Gasteiger partial charge >= 0.3 is 5.97 Å². The van der Waals surface area contributed by atoms with Gasteiger partial charge in [-0.1, -0.05) is 187 Å². The SMILES string of the molecule is O=C(O)/C(=N/OCc1ccn(C(c2ccccc2)(c2ccccc2)c2ccccc2)n1)c1csc(NC(c2ccccc2)(c2ccccc2)c2ccccc2)n1. The molecule has 0 spiro atoms. The number of oxime groups is 1. The van der Waals surface area contributed by atoms with Gasteiger partial charge in [0.15, 0.2) is 11.7 Å². The highest BCUT2D eigenvalue weighted by molar-refractivity contribution is 7.14. The second-order valence-electron chi connectivity index (χ2n) is 13.1. The largest absolute Gasteiger partial charge is 0.476 e. The van der Waals surface area contributed by atoms with Crippen LogP contribution in [-0.2, 0) is 27.3 Å². The molecule has 0 aliphatic heterocycles. The Morgan fingerprint density at radius 2 is 1.04 bits per heavy atom. The summed E-state index contributed by atoms with van der Waals surface area (Å²) >= 11 is 1.30. The number of nitrogens with one attached hydrogen (secondary N) is 1. The number of rotatable bonds is 14. The molecule has 274 valence electrons. The van der Waals surface area contributed by atoms with Gasteiger partial charge in [-0.3, -0.25) is 4.68 Å². The molecule has 0 aliphatic carbocycles. The Kier molecular flexibility index (Phi) is 10.3. The molecule has 0 unspecified atom stereocenters. The summed E-state index contributed by atoms with van der Waals surface area (Å²) in [7, 11) is 0. The Morgan fingerprint density at radius 3 is 1.45 bits per heavy atom. The van der Waals surface area contributed by atoms with Crippen molar-refractivity contribution in [1.82, 2.24) is 14.8 Å². The standard InChI is InChI=1S/C47H37N5O3S/c53-44(54)43(42-34-56-45(48-42)49-46(35-19-7-1-8-20-35,36-21-9-2-10-22-36)37-23-11-3-12-24-37)51-55-33-41-31-32-52(50-41)47(38-25-13-4-14-26-38,39-27-15-5-16-28-39)40-29-17-6-18-30-40/h1-32,34H,33H2,(H,48,49)(H,53,54)/b51-43+. The Labute approximate surface area is 329 Å². The molecular formula is C47H37N5O3S. The number of carbonyl (C=O) groups is 1. The Morgan fingerprint density at radius 1 is 0.625 bits per heavy atom. The minimum Gasteiger partial charge on any atom is -0.476 e.